The molecule has 106 valence electrons. The Kier molecular flexibility index (Phi) is 5.06. The first kappa shape index (κ1) is 14.6. The van der Waals surface area contributed by atoms with Gasteiger partial charge in [-0.25, -0.2) is 0 Å². The second kappa shape index (κ2) is 6.58. The molecule has 1 aliphatic heterocycles. The number of halogens is 1. The summed E-state index contributed by atoms with van der Waals surface area (Å²) in [6.45, 7) is 8.74. The molecule has 0 unspecified atom stereocenters. The Bertz CT molecular complexity index is 403. The Morgan fingerprint density at radius 2 is 2.11 bits per heavy atom. The molecule has 1 aliphatic rings. The van der Waals surface area contributed by atoms with Gasteiger partial charge < -0.3 is 4.74 Å². The summed E-state index contributed by atoms with van der Waals surface area (Å²) < 4.78 is 5.68. The predicted molar refractivity (Wildman–Crippen MR) is 78.8 cm³/mol. The van der Waals surface area contributed by atoms with Gasteiger partial charge in [0.05, 0.1) is 11.2 Å². The number of hydrogen-bond donors (Lipinski definition) is 0. The molecule has 0 aliphatic carbocycles. The van der Waals surface area contributed by atoms with Crippen molar-refractivity contribution in [3.8, 4) is 5.75 Å². The molecule has 0 aromatic carbocycles. The van der Waals surface area contributed by atoms with Crippen LogP contribution in [0.3, 0.4) is 0 Å². The van der Waals surface area contributed by atoms with Gasteiger partial charge in [-0.3, -0.25) is 9.88 Å². The lowest BCUT2D eigenvalue weighted by Gasteiger charge is -2.38. The molecular formula is C15H23ClN2O. The van der Waals surface area contributed by atoms with E-state index in [1.54, 1.807) is 18.5 Å². The molecule has 0 atom stereocenters. The van der Waals surface area contributed by atoms with Crippen molar-refractivity contribution in [3.63, 3.8) is 0 Å². The molecular weight excluding hydrogens is 260 g/mol. The minimum Gasteiger partial charge on any atom is -0.491 e. The van der Waals surface area contributed by atoms with E-state index in [-0.39, 0.29) is 0 Å². The summed E-state index contributed by atoms with van der Waals surface area (Å²) in [7, 11) is 0. The molecule has 3 nitrogen and oxygen atoms in total. The van der Waals surface area contributed by atoms with Crippen LogP contribution < -0.4 is 4.74 Å². The van der Waals surface area contributed by atoms with E-state index in [4.69, 9.17) is 16.3 Å². The summed E-state index contributed by atoms with van der Waals surface area (Å²) in [5, 5.41) is 0.620. The Balaban J connectivity index is 1.70. The number of rotatable bonds is 5. The summed E-state index contributed by atoms with van der Waals surface area (Å²) in [6.07, 6.45) is 7.19. The van der Waals surface area contributed by atoms with Crippen LogP contribution in [0.25, 0.3) is 0 Å². The highest BCUT2D eigenvalue weighted by atomic mass is 35.5. The molecule has 0 spiro atoms. The maximum absolute atomic E-state index is 5.87. The van der Waals surface area contributed by atoms with Gasteiger partial charge in [0.1, 0.15) is 12.4 Å². The summed E-state index contributed by atoms with van der Waals surface area (Å²) in [5.74, 6) is 0.753. The van der Waals surface area contributed by atoms with Crippen molar-refractivity contribution in [1.82, 2.24) is 9.88 Å². The second-order valence-corrected chi connectivity index (χ2v) is 6.13. The minimum atomic E-state index is 0.550. The number of likely N-dealkylation sites (tertiary alicyclic amines) is 1. The third-order valence-electron chi connectivity index (χ3n) is 4.27. The molecule has 0 bridgehead atoms. The van der Waals surface area contributed by atoms with Crippen LogP contribution in [0.4, 0.5) is 0 Å². The van der Waals surface area contributed by atoms with E-state index in [2.05, 4.69) is 23.7 Å². The summed E-state index contributed by atoms with van der Waals surface area (Å²) in [5.41, 5.74) is 0.550. The molecule has 1 aromatic heterocycles. The zero-order valence-electron chi connectivity index (χ0n) is 11.9. The Morgan fingerprint density at radius 1 is 1.37 bits per heavy atom. The lowest BCUT2D eigenvalue weighted by molar-refractivity contribution is 0.101. The average Bonchev–Trinajstić information content (AvgIpc) is 2.41. The van der Waals surface area contributed by atoms with Gasteiger partial charge in [0, 0.05) is 18.8 Å². The molecule has 1 aromatic rings. The van der Waals surface area contributed by atoms with Gasteiger partial charge in [0.15, 0.2) is 0 Å². The van der Waals surface area contributed by atoms with Crippen molar-refractivity contribution in [2.24, 2.45) is 5.41 Å². The quantitative estimate of drug-likeness (QED) is 0.825. The first-order chi connectivity index (χ1) is 9.11. The zero-order valence-corrected chi connectivity index (χ0v) is 12.6. The summed E-state index contributed by atoms with van der Waals surface area (Å²) in [6, 6.07) is 1.80. The average molecular weight is 283 g/mol. The van der Waals surface area contributed by atoms with Crippen molar-refractivity contribution in [1.29, 1.82) is 0 Å². The van der Waals surface area contributed by atoms with Crippen molar-refractivity contribution in [2.45, 2.75) is 33.1 Å². The predicted octanol–water partition coefficient (Wildman–Crippen LogP) is 3.63. The van der Waals surface area contributed by atoms with Crippen LogP contribution in [0.5, 0.6) is 5.75 Å². The van der Waals surface area contributed by atoms with Crippen LogP contribution in [0, 0.1) is 5.41 Å². The normalized spacial score (nSPS) is 19.3. The molecule has 0 N–H and O–H groups in total. The number of nitrogens with zero attached hydrogens (tertiary/aromatic N) is 2. The van der Waals surface area contributed by atoms with Gasteiger partial charge in [-0.2, -0.15) is 0 Å². The lowest BCUT2D eigenvalue weighted by atomic mass is 9.78. The van der Waals surface area contributed by atoms with Gasteiger partial charge in [0.2, 0.25) is 0 Å². The third kappa shape index (κ3) is 4.36. The smallest absolute Gasteiger partial charge is 0.139 e. The van der Waals surface area contributed by atoms with Crippen LogP contribution in [0.2, 0.25) is 5.02 Å². The van der Waals surface area contributed by atoms with Crippen molar-refractivity contribution in [3.05, 3.63) is 23.5 Å². The highest BCUT2D eigenvalue weighted by Crippen LogP contribution is 2.33. The third-order valence-corrected chi connectivity index (χ3v) is 4.48. The van der Waals surface area contributed by atoms with E-state index >= 15 is 0 Å². The Labute approximate surface area is 120 Å². The van der Waals surface area contributed by atoms with Crippen molar-refractivity contribution in [2.75, 3.05) is 26.2 Å². The minimum absolute atomic E-state index is 0.550. The Hall–Kier alpha value is -0.800. The van der Waals surface area contributed by atoms with E-state index in [0.29, 0.717) is 17.0 Å². The number of pyridine rings is 1. The Morgan fingerprint density at radius 3 is 2.74 bits per heavy atom. The topological polar surface area (TPSA) is 25.4 Å². The molecule has 4 heteroatoms. The first-order valence-electron chi connectivity index (χ1n) is 7.07. The molecule has 19 heavy (non-hydrogen) atoms. The van der Waals surface area contributed by atoms with E-state index in [9.17, 15) is 0 Å². The summed E-state index contributed by atoms with van der Waals surface area (Å²) in [4.78, 5) is 6.49. The maximum Gasteiger partial charge on any atom is 0.139 e. The highest BCUT2D eigenvalue weighted by Gasteiger charge is 2.27. The SMILES string of the molecule is CCC1(C)CCN(CCOc2cncc(Cl)c2)CC1. The van der Waals surface area contributed by atoms with Crippen molar-refractivity contribution >= 4 is 11.6 Å². The van der Waals surface area contributed by atoms with E-state index in [0.717, 1.165) is 12.3 Å². The molecule has 1 saturated heterocycles. The number of hydrogen-bond acceptors (Lipinski definition) is 3. The fraction of sp³-hybridized carbons (Fsp3) is 0.667. The number of aromatic nitrogens is 1. The van der Waals surface area contributed by atoms with Gasteiger partial charge in [-0.1, -0.05) is 31.9 Å². The standard InChI is InChI=1S/C15H23ClN2O/c1-3-15(2)4-6-18(7-5-15)8-9-19-14-10-13(16)11-17-12-14/h10-12H,3-9H2,1-2H3. The van der Waals surface area contributed by atoms with Crippen LogP contribution in [0.1, 0.15) is 33.1 Å². The van der Waals surface area contributed by atoms with Gasteiger partial charge in [0.25, 0.3) is 0 Å². The van der Waals surface area contributed by atoms with Crippen LogP contribution in [-0.4, -0.2) is 36.1 Å². The zero-order chi connectivity index (χ0) is 13.7. The fourth-order valence-electron chi connectivity index (χ4n) is 2.43. The van der Waals surface area contributed by atoms with Gasteiger partial charge in [-0.05, 0) is 31.3 Å². The maximum atomic E-state index is 5.87. The van der Waals surface area contributed by atoms with E-state index in [1.165, 1.54) is 32.4 Å². The molecule has 2 rings (SSSR count). The molecule has 1 fully saturated rings. The second-order valence-electron chi connectivity index (χ2n) is 5.69. The summed E-state index contributed by atoms with van der Waals surface area (Å²) >= 11 is 5.87. The lowest BCUT2D eigenvalue weighted by Crippen LogP contribution is -2.40. The monoisotopic (exact) mass is 282 g/mol. The van der Waals surface area contributed by atoms with Gasteiger partial charge >= 0.3 is 0 Å². The van der Waals surface area contributed by atoms with Crippen molar-refractivity contribution < 1.29 is 4.74 Å². The number of ether oxygens (including phenoxy) is 1. The van der Waals surface area contributed by atoms with Crippen LogP contribution in [-0.2, 0) is 0 Å². The molecule has 0 amide bonds. The largest absolute Gasteiger partial charge is 0.491 e. The van der Waals surface area contributed by atoms with Crippen LogP contribution in [0.15, 0.2) is 18.5 Å². The van der Waals surface area contributed by atoms with Crippen LogP contribution >= 0.6 is 11.6 Å². The molecule has 0 radical (unpaired) electrons. The molecule has 2 heterocycles. The first-order valence-corrected chi connectivity index (χ1v) is 7.45. The molecule has 0 saturated carbocycles. The fourth-order valence-corrected chi connectivity index (χ4v) is 2.60. The van der Waals surface area contributed by atoms with Gasteiger partial charge in [-0.15, -0.1) is 0 Å². The highest BCUT2D eigenvalue weighted by molar-refractivity contribution is 6.30. The van der Waals surface area contributed by atoms with E-state index < -0.39 is 0 Å². The number of piperidine rings is 1. The van der Waals surface area contributed by atoms with E-state index in [1.807, 2.05) is 0 Å².